The third kappa shape index (κ3) is 2.75. The Morgan fingerprint density at radius 2 is 1.96 bits per heavy atom. The predicted octanol–water partition coefficient (Wildman–Crippen LogP) is 2.11. The minimum atomic E-state index is -3.27. The fraction of sp³-hybridized carbons (Fsp3) is 0.0667. The number of nitrogens with zero attached hydrogens (tertiary/aromatic N) is 3. The standard InChI is InChI=1S/C15H10N4O4S2/c1-25(21,22)9-4-2-8(3-5-9)12-18-14(23-19-12)10-6-24-15-11(10)13(20)16-7-17-15/h2-7H,1H3,(H,16,17,20). The van der Waals surface area contributed by atoms with Crippen molar-refractivity contribution in [1.29, 1.82) is 0 Å². The van der Waals surface area contributed by atoms with Crippen LogP contribution in [-0.2, 0) is 9.84 Å². The summed E-state index contributed by atoms with van der Waals surface area (Å²) in [5, 5.41) is 6.04. The van der Waals surface area contributed by atoms with E-state index in [0.29, 0.717) is 27.2 Å². The summed E-state index contributed by atoms with van der Waals surface area (Å²) in [6, 6.07) is 6.17. The van der Waals surface area contributed by atoms with E-state index in [0.717, 1.165) is 6.26 Å². The van der Waals surface area contributed by atoms with Crippen LogP contribution < -0.4 is 5.56 Å². The second-order valence-corrected chi connectivity index (χ2v) is 8.15. The summed E-state index contributed by atoms with van der Waals surface area (Å²) in [5.74, 6) is 0.502. The summed E-state index contributed by atoms with van der Waals surface area (Å²) in [6.45, 7) is 0. The number of hydrogen-bond acceptors (Lipinski definition) is 8. The van der Waals surface area contributed by atoms with E-state index in [1.165, 1.54) is 29.8 Å². The van der Waals surface area contributed by atoms with E-state index in [-0.39, 0.29) is 16.3 Å². The molecule has 0 bridgehead atoms. The largest absolute Gasteiger partial charge is 0.334 e. The van der Waals surface area contributed by atoms with E-state index in [4.69, 9.17) is 4.52 Å². The number of hydrogen-bond donors (Lipinski definition) is 1. The van der Waals surface area contributed by atoms with Gasteiger partial charge in [-0.25, -0.2) is 13.4 Å². The Morgan fingerprint density at radius 3 is 2.68 bits per heavy atom. The van der Waals surface area contributed by atoms with Crippen LogP contribution in [-0.4, -0.2) is 34.8 Å². The number of benzene rings is 1. The van der Waals surface area contributed by atoms with Gasteiger partial charge in [-0.05, 0) is 24.3 Å². The SMILES string of the molecule is CS(=O)(=O)c1ccc(-c2noc(-c3csc4nc[nH]c(=O)c34)n2)cc1. The van der Waals surface area contributed by atoms with E-state index >= 15 is 0 Å². The smallest absolute Gasteiger partial charge is 0.260 e. The summed E-state index contributed by atoms with van der Waals surface area (Å²) < 4.78 is 28.3. The molecule has 8 nitrogen and oxygen atoms in total. The quantitative estimate of drug-likeness (QED) is 0.583. The van der Waals surface area contributed by atoms with Crippen molar-refractivity contribution in [1.82, 2.24) is 20.1 Å². The molecule has 25 heavy (non-hydrogen) atoms. The van der Waals surface area contributed by atoms with Crippen LogP contribution >= 0.6 is 11.3 Å². The number of H-pyrrole nitrogens is 1. The van der Waals surface area contributed by atoms with E-state index in [2.05, 4.69) is 20.1 Å². The fourth-order valence-corrected chi connectivity index (χ4v) is 3.86. The van der Waals surface area contributed by atoms with Crippen LogP contribution in [0.25, 0.3) is 33.1 Å². The Bertz CT molecular complexity index is 1240. The molecule has 0 aliphatic carbocycles. The summed E-state index contributed by atoms with van der Waals surface area (Å²) in [6.07, 6.45) is 2.48. The third-order valence-corrected chi connectivity index (χ3v) is 5.59. The molecule has 0 radical (unpaired) electrons. The topological polar surface area (TPSA) is 119 Å². The molecule has 4 aromatic rings. The molecule has 3 aromatic heterocycles. The minimum absolute atomic E-state index is 0.201. The highest BCUT2D eigenvalue weighted by Gasteiger charge is 2.18. The molecule has 0 fully saturated rings. The first kappa shape index (κ1) is 15.7. The Balaban J connectivity index is 1.76. The lowest BCUT2D eigenvalue weighted by Crippen LogP contribution is -2.05. The van der Waals surface area contributed by atoms with Gasteiger partial charge >= 0.3 is 0 Å². The van der Waals surface area contributed by atoms with Gasteiger partial charge < -0.3 is 9.51 Å². The average molecular weight is 374 g/mol. The van der Waals surface area contributed by atoms with Gasteiger partial charge in [-0.2, -0.15) is 4.98 Å². The number of fused-ring (bicyclic) bond motifs is 1. The lowest BCUT2D eigenvalue weighted by Gasteiger charge is -1.98. The van der Waals surface area contributed by atoms with Crippen molar-refractivity contribution < 1.29 is 12.9 Å². The molecular formula is C15H10N4O4S2. The molecule has 1 N–H and O–H groups in total. The normalized spacial score (nSPS) is 11.9. The zero-order chi connectivity index (χ0) is 17.6. The summed E-state index contributed by atoms with van der Waals surface area (Å²) in [7, 11) is -3.27. The first-order valence-corrected chi connectivity index (χ1v) is 9.80. The molecule has 0 unspecified atom stereocenters. The van der Waals surface area contributed by atoms with Gasteiger partial charge in [0.25, 0.3) is 11.4 Å². The highest BCUT2D eigenvalue weighted by molar-refractivity contribution is 7.90. The minimum Gasteiger partial charge on any atom is -0.334 e. The second kappa shape index (κ2) is 5.60. The molecule has 3 heterocycles. The van der Waals surface area contributed by atoms with Crippen molar-refractivity contribution >= 4 is 31.4 Å². The highest BCUT2D eigenvalue weighted by Crippen LogP contribution is 2.30. The Hall–Kier alpha value is -2.85. The van der Waals surface area contributed by atoms with Crippen LogP contribution in [0.15, 0.2) is 50.2 Å². The molecule has 126 valence electrons. The van der Waals surface area contributed by atoms with Crippen LogP contribution in [0.5, 0.6) is 0 Å². The number of aromatic nitrogens is 4. The molecule has 0 amide bonds. The molecule has 10 heteroatoms. The van der Waals surface area contributed by atoms with Gasteiger partial charge in [0.05, 0.1) is 22.2 Å². The van der Waals surface area contributed by atoms with Crippen LogP contribution in [0, 0.1) is 0 Å². The lowest BCUT2D eigenvalue weighted by molar-refractivity contribution is 0.433. The Labute approximate surface area is 145 Å². The van der Waals surface area contributed by atoms with E-state index in [9.17, 15) is 13.2 Å². The molecular weight excluding hydrogens is 364 g/mol. The fourth-order valence-electron chi connectivity index (χ4n) is 2.34. The zero-order valence-corrected chi connectivity index (χ0v) is 14.4. The summed E-state index contributed by atoms with van der Waals surface area (Å²) >= 11 is 1.31. The van der Waals surface area contributed by atoms with E-state index < -0.39 is 9.84 Å². The molecule has 0 aliphatic rings. The Morgan fingerprint density at radius 1 is 1.20 bits per heavy atom. The maximum atomic E-state index is 12.0. The van der Waals surface area contributed by atoms with Crippen molar-refractivity contribution in [2.75, 3.05) is 6.26 Å². The van der Waals surface area contributed by atoms with Gasteiger partial charge in [0.2, 0.25) is 5.82 Å². The number of rotatable bonds is 3. The van der Waals surface area contributed by atoms with Gasteiger partial charge in [-0.3, -0.25) is 4.79 Å². The lowest BCUT2D eigenvalue weighted by atomic mass is 10.2. The van der Waals surface area contributed by atoms with E-state index in [1.807, 2.05) is 0 Å². The molecule has 0 atom stereocenters. The van der Waals surface area contributed by atoms with Crippen molar-refractivity contribution in [2.24, 2.45) is 0 Å². The predicted molar refractivity (Wildman–Crippen MR) is 92.1 cm³/mol. The summed E-state index contributed by atoms with van der Waals surface area (Å²) in [5.41, 5.74) is 0.841. The Kier molecular flexibility index (Phi) is 3.51. The monoisotopic (exact) mass is 374 g/mol. The van der Waals surface area contributed by atoms with Crippen LogP contribution in [0.4, 0.5) is 0 Å². The van der Waals surface area contributed by atoms with Crippen LogP contribution in [0.2, 0.25) is 0 Å². The number of thiophene rings is 1. The third-order valence-electron chi connectivity index (χ3n) is 3.57. The van der Waals surface area contributed by atoms with E-state index in [1.54, 1.807) is 17.5 Å². The second-order valence-electron chi connectivity index (χ2n) is 5.28. The summed E-state index contributed by atoms with van der Waals surface area (Å²) in [4.78, 5) is 23.7. The maximum absolute atomic E-state index is 12.0. The van der Waals surface area contributed by atoms with Crippen molar-refractivity contribution in [3.8, 4) is 22.8 Å². The van der Waals surface area contributed by atoms with Gasteiger partial charge in [-0.1, -0.05) is 5.16 Å². The molecule has 4 rings (SSSR count). The van der Waals surface area contributed by atoms with Crippen molar-refractivity contribution in [2.45, 2.75) is 4.90 Å². The number of sulfone groups is 1. The molecule has 0 spiro atoms. The van der Waals surface area contributed by atoms with Gasteiger partial charge in [0.1, 0.15) is 4.83 Å². The molecule has 1 aromatic carbocycles. The maximum Gasteiger partial charge on any atom is 0.260 e. The number of nitrogens with one attached hydrogen (secondary N) is 1. The first-order valence-electron chi connectivity index (χ1n) is 7.03. The number of aromatic amines is 1. The first-order chi connectivity index (χ1) is 11.9. The highest BCUT2D eigenvalue weighted by atomic mass is 32.2. The average Bonchev–Trinajstić information content (AvgIpc) is 3.21. The molecule has 0 saturated carbocycles. The molecule has 0 saturated heterocycles. The van der Waals surface area contributed by atoms with Gasteiger partial charge in [-0.15, -0.1) is 11.3 Å². The molecule has 0 aliphatic heterocycles. The van der Waals surface area contributed by atoms with Crippen molar-refractivity contribution in [3.63, 3.8) is 0 Å². The van der Waals surface area contributed by atoms with Gasteiger partial charge in [0, 0.05) is 17.2 Å². The van der Waals surface area contributed by atoms with Gasteiger partial charge in [0.15, 0.2) is 9.84 Å². The van der Waals surface area contributed by atoms with Crippen molar-refractivity contribution in [3.05, 3.63) is 46.3 Å². The zero-order valence-electron chi connectivity index (χ0n) is 12.8. The van der Waals surface area contributed by atoms with Crippen LogP contribution in [0.3, 0.4) is 0 Å². The van der Waals surface area contributed by atoms with Crippen LogP contribution in [0.1, 0.15) is 0 Å².